The average Bonchev–Trinajstić information content (AvgIpc) is 3.21. The Morgan fingerprint density at radius 1 is 0.544 bits per heavy atom. The van der Waals surface area contributed by atoms with Crippen LogP contribution in [0.15, 0.2) is 0 Å². The second kappa shape index (κ2) is 36.9. The molecule has 1 fully saturated rings. The Morgan fingerprint density at radius 3 is 1.30 bits per heavy atom. The van der Waals surface area contributed by atoms with Crippen LogP contribution >= 0.6 is 0 Å². The first-order valence-corrected chi connectivity index (χ1v) is 23.9. The fourth-order valence-electron chi connectivity index (χ4n) is 7.91. The largest absolute Gasteiger partial charge is 0.394 e. The van der Waals surface area contributed by atoms with Crippen LogP contribution in [-0.4, -0.2) is 110 Å². The molecule has 0 aliphatic carbocycles. The summed E-state index contributed by atoms with van der Waals surface area (Å²) >= 11 is 0. The van der Waals surface area contributed by atoms with Crippen molar-refractivity contribution >= 4 is 5.91 Å². The maximum Gasteiger partial charge on any atom is 0.249 e. The van der Waals surface area contributed by atoms with E-state index in [-0.39, 0.29) is 6.42 Å². The van der Waals surface area contributed by atoms with E-state index in [1.807, 2.05) is 0 Å². The van der Waals surface area contributed by atoms with Crippen molar-refractivity contribution in [3.05, 3.63) is 0 Å². The van der Waals surface area contributed by atoms with Crippen LogP contribution in [-0.2, 0) is 14.3 Å². The molecule has 0 spiro atoms. The molecule has 57 heavy (non-hydrogen) atoms. The highest BCUT2D eigenvalue weighted by Gasteiger charge is 2.44. The van der Waals surface area contributed by atoms with Crippen LogP contribution in [0.1, 0.15) is 219 Å². The first-order chi connectivity index (χ1) is 27.7. The SMILES string of the molecule is CCCCCCCCCCCCCCCCCCCCC[C@@H](O)C(=O)N[C@@H](CO[C@@H]1O[C@H](CO)[C@@H](O)[C@H](O)[C@H]1O)[C@H](O)[C@H](O)CCCCCCCCCCCCC. The van der Waals surface area contributed by atoms with Gasteiger partial charge in [-0.15, -0.1) is 0 Å². The van der Waals surface area contributed by atoms with Crippen LogP contribution in [0, 0.1) is 0 Å². The number of carbonyl (C=O) groups is 1. The molecule has 1 rings (SSSR count). The summed E-state index contributed by atoms with van der Waals surface area (Å²) in [7, 11) is 0. The third-order valence-corrected chi connectivity index (χ3v) is 11.9. The summed E-state index contributed by atoms with van der Waals surface area (Å²) < 4.78 is 11.1. The lowest BCUT2D eigenvalue weighted by molar-refractivity contribution is -0.303. The summed E-state index contributed by atoms with van der Waals surface area (Å²) in [5, 5.41) is 75.6. The van der Waals surface area contributed by atoms with Crippen molar-refractivity contribution in [1.82, 2.24) is 5.32 Å². The van der Waals surface area contributed by atoms with E-state index in [1.54, 1.807) is 0 Å². The Kier molecular flexibility index (Phi) is 35.1. The highest BCUT2D eigenvalue weighted by atomic mass is 16.7. The predicted octanol–water partition coefficient (Wildman–Crippen LogP) is 7.89. The van der Waals surface area contributed by atoms with Gasteiger partial charge in [0, 0.05) is 0 Å². The lowest BCUT2D eigenvalue weighted by Gasteiger charge is -2.40. The van der Waals surface area contributed by atoms with Crippen LogP contribution < -0.4 is 5.32 Å². The van der Waals surface area contributed by atoms with Gasteiger partial charge in [-0.1, -0.05) is 206 Å². The van der Waals surface area contributed by atoms with Gasteiger partial charge in [0.25, 0.3) is 0 Å². The molecule has 0 unspecified atom stereocenters. The number of hydrogen-bond acceptors (Lipinski definition) is 10. The van der Waals surface area contributed by atoms with Crippen molar-refractivity contribution in [3.63, 3.8) is 0 Å². The van der Waals surface area contributed by atoms with Crippen molar-refractivity contribution in [2.45, 2.75) is 274 Å². The van der Waals surface area contributed by atoms with Gasteiger partial charge in [0.1, 0.15) is 36.6 Å². The molecule has 0 aromatic rings. The summed E-state index contributed by atoms with van der Waals surface area (Å²) in [6, 6.07) is -1.16. The number of nitrogens with one attached hydrogen (secondary N) is 1. The highest BCUT2D eigenvalue weighted by molar-refractivity contribution is 5.80. The molecular weight excluding hydrogens is 727 g/mol. The molecule has 0 radical (unpaired) electrons. The van der Waals surface area contributed by atoms with E-state index in [4.69, 9.17) is 9.47 Å². The monoisotopic (exact) mass is 818 g/mol. The Balaban J connectivity index is 2.39. The minimum atomic E-state index is -1.66. The third-order valence-electron chi connectivity index (χ3n) is 11.9. The molecule has 1 aliphatic heterocycles. The number of amides is 1. The maximum atomic E-state index is 13.1. The van der Waals surface area contributed by atoms with E-state index in [0.29, 0.717) is 19.3 Å². The highest BCUT2D eigenvalue weighted by Crippen LogP contribution is 2.23. The van der Waals surface area contributed by atoms with Gasteiger partial charge in [0.2, 0.25) is 5.91 Å². The molecule has 1 heterocycles. The van der Waals surface area contributed by atoms with E-state index in [1.165, 1.54) is 141 Å². The number of rotatable bonds is 40. The van der Waals surface area contributed by atoms with E-state index in [9.17, 15) is 40.5 Å². The average molecular weight is 818 g/mol. The number of aliphatic hydroxyl groups is 7. The van der Waals surface area contributed by atoms with Crippen molar-refractivity contribution in [2.75, 3.05) is 13.2 Å². The molecule has 1 aliphatic rings. The summed E-state index contributed by atoms with van der Waals surface area (Å²) in [6.45, 7) is 3.44. The van der Waals surface area contributed by atoms with Gasteiger partial charge in [0.15, 0.2) is 6.29 Å². The minimum Gasteiger partial charge on any atom is -0.394 e. The number of carbonyl (C=O) groups excluding carboxylic acids is 1. The fraction of sp³-hybridized carbons (Fsp3) is 0.978. The van der Waals surface area contributed by atoms with Gasteiger partial charge in [-0.2, -0.15) is 0 Å². The zero-order chi connectivity index (χ0) is 41.9. The lowest BCUT2D eigenvalue weighted by atomic mass is 9.98. The Hall–Kier alpha value is -0.890. The van der Waals surface area contributed by atoms with Gasteiger partial charge < -0.3 is 50.5 Å². The van der Waals surface area contributed by atoms with E-state index in [2.05, 4.69) is 19.2 Å². The topological polar surface area (TPSA) is 189 Å². The standard InChI is InChI=1S/C46H91NO10/c1-3-5-7-9-11-13-15-16-17-18-19-20-21-22-24-26-28-30-32-34-39(50)45(55)47-37(36-56-46-44(54)43(53)42(52)40(35-48)57-46)41(51)38(49)33-31-29-27-25-23-14-12-10-8-6-4-2/h37-44,46,48-54H,3-36H2,1-2H3,(H,47,55)/t37-,38+,39+,40+,41-,42+,43-,44+,46+/m0/s1. The first kappa shape index (κ1) is 54.1. The quantitative estimate of drug-likeness (QED) is 0.0283. The van der Waals surface area contributed by atoms with Crippen molar-refractivity contribution in [1.29, 1.82) is 0 Å². The van der Waals surface area contributed by atoms with Crippen LogP contribution in [0.25, 0.3) is 0 Å². The molecule has 0 bridgehead atoms. The zero-order valence-corrected chi connectivity index (χ0v) is 36.6. The summed E-state index contributed by atoms with van der Waals surface area (Å²) in [5.74, 6) is -0.694. The Labute approximate surface area is 348 Å². The second-order valence-electron chi connectivity index (χ2n) is 17.2. The van der Waals surface area contributed by atoms with Gasteiger partial charge in [-0.25, -0.2) is 0 Å². The summed E-state index contributed by atoms with van der Waals surface area (Å²) in [5.41, 5.74) is 0. The molecule has 1 saturated heterocycles. The molecular formula is C46H91NO10. The van der Waals surface area contributed by atoms with Gasteiger partial charge in [-0.05, 0) is 12.8 Å². The lowest BCUT2D eigenvalue weighted by Crippen LogP contribution is -2.60. The van der Waals surface area contributed by atoms with E-state index >= 15 is 0 Å². The van der Waals surface area contributed by atoms with Crippen molar-refractivity contribution in [3.8, 4) is 0 Å². The van der Waals surface area contributed by atoms with Crippen molar-refractivity contribution in [2.24, 2.45) is 0 Å². The molecule has 9 atom stereocenters. The molecule has 0 aromatic carbocycles. The number of ether oxygens (including phenoxy) is 2. The van der Waals surface area contributed by atoms with E-state index < -0.39 is 74.2 Å². The van der Waals surface area contributed by atoms with Crippen LogP contribution in [0.5, 0.6) is 0 Å². The fourth-order valence-corrected chi connectivity index (χ4v) is 7.91. The Bertz CT molecular complexity index is 897. The number of unbranched alkanes of at least 4 members (excludes halogenated alkanes) is 28. The normalized spacial score (nSPS) is 22.0. The number of aliphatic hydroxyl groups excluding tert-OH is 7. The smallest absolute Gasteiger partial charge is 0.249 e. The molecule has 1 amide bonds. The Morgan fingerprint density at radius 2 is 0.912 bits per heavy atom. The van der Waals surface area contributed by atoms with Crippen LogP contribution in [0.3, 0.4) is 0 Å². The molecule has 340 valence electrons. The maximum absolute atomic E-state index is 13.1. The summed E-state index contributed by atoms with van der Waals surface area (Å²) in [4.78, 5) is 13.1. The molecule has 11 nitrogen and oxygen atoms in total. The number of hydrogen-bond donors (Lipinski definition) is 8. The molecule has 11 heteroatoms. The predicted molar refractivity (Wildman–Crippen MR) is 229 cm³/mol. The van der Waals surface area contributed by atoms with Gasteiger partial charge in [-0.3, -0.25) is 4.79 Å². The van der Waals surface area contributed by atoms with E-state index in [0.717, 1.165) is 38.5 Å². The minimum absolute atomic E-state index is 0.266. The molecule has 8 N–H and O–H groups in total. The van der Waals surface area contributed by atoms with Gasteiger partial charge >= 0.3 is 0 Å². The van der Waals surface area contributed by atoms with Crippen LogP contribution in [0.2, 0.25) is 0 Å². The molecule has 0 saturated carbocycles. The van der Waals surface area contributed by atoms with Crippen molar-refractivity contribution < 1.29 is 50.0 Å². The first-order valence-electron chi connectivity index (χ1n) is 23.9. The van der Waals surface area contributed by atoms with Crippen LogP contribution in [0.4, 0.5) is 0 Å². The second-order valence-corrected chi connectivity index (χ2v) is 17.2. The molecule has 0 aromatic heterocycles. The zero-order valence-electron chi connectivity index (χ0n) is 36.6. The van der Waals surface area contributed by atoms with Gasteiger partial charge in [0.05, 0.1) is 25.4 Å². The summed E-state index contributed by atoms with van der Waals surface area (Å²) in [6.07, 6.45) is 25.8. The third kappa shape index (κ3) is 26.8.